The molecule has 0 N–H and O–H groups in total. The maximum absolute atomic E-state index is 14.4. The normalized spacial score (nSPS) is 17.2. The zero-order valence-corrected chi connectivity index (χ0v) is 13.6. The topological polar surface area (TPSA) is 56.0 Å². The maximum atomic E-state index is 14.4. The Morgan fingerprint density at radius 3 is 2.76 bits per heavy atom. The molecule has 128 valence electrons. The van der Waals surface area contributed by atoms with Gasteiger partial charge >= 0.3 is 0 Å². The highest BCUT2D eigenvalue weighted by Gasteiger charge is 2.30. The van der Waals surface area contributed by atoms with Crippen molar-refractivity contribution in [3.63, 3.8) is 0 Å². The van der Waals surface area contributed by atoms with Crippen LogP contribution in [0.1, 0.15) is 23.2 Å². The van der Waals surface area contributed by atoms with Crippen LogP contribution < -0.4 is 0 Å². The molecule has 1 aromatic carbocycles. The summed E-state index contributed by atoms with van der Waals surface area (Å²) in [4.78, 5) is 14.7. The fourth-order valence-corrected chi connectivity index (χ4v) is 3.32. The molecule has 3 aromatic rings. The summed E-state index contributed by atoms with van der Waals surface area (Å²) in [5.74, 6) is -0.599. The number of hydrogen-bond acceptors (Lipinski definition) is 3. The second kappa shape index (κ2) is 6.51. The molecule has 1 saturated heterocycles. The average Bonchev–Trinajstić information content (AvgIpc) is 3.37. The van der Waals surface area contributed by atoms with Gasteiger partial charge in [-0.05, 0) is 43.2 Å². The van der Waals surface area contributed by atoms with Crippen LogP contribution in [0.15, 0.2) is 55.1 Å². The lowest BCUT2D eigenvalue weighted by atomic mass is 10.1. The molecule has 6 nitrogen and oxygen atoms in total. The number of carbonyl (C=O) groups is 1. The smallest absolute Gasteiger partial charge is 0.254 e. The number of carbonyl (C=O) groups excluding carboxylic acids is 1. The van der Waals surface area contributed by atoms with Crippen molar-refractivity contribution < 1.29 is 9.18 Å². The first-order valence-electron chi connectivity index (χ1n) is 8.30. The fraction of sp³-hybridized carbons (Fsp3) is 0.278. The lowest BCUT2D eigenvalue weighted by Gasteiger charge is -2.25. The molecule has 1 atom stereocenters. The number of halogens is 1. The van der Waals surface area contributed by atoms with Gasteiger partial charge in [0.15, 0.2) is 0 Å². The monoisotopic (exact) mass is 339 g/mol. The van der Waals surface area contributed by atoms with E-state index < -0.39 is 5.82 Å². The van der Waals surface area contributed by atoms with Gasteiger partial charge in [-0.3, -0.25) is 9.48 Å². The van der Waals surface area contributed by atoms with E-state index in [1.54, 1.807) is 36.8 Å². The van der Waals surface area contributed by atoms with Crippen molar-refractivity contribution in [1.82, 2.24) is 24.5 Å². The van der Waals surface area contributed by atoms with E-state index in [9.17, 15) is 9.18 Å². The van der Waals surface area contributed by atoms with Gasteiger partial charge in [-0.15, -0.1) is 0 Å². The van der Waals surface area contributed by atoms with Crippen molar-refractivity contribution in [1.29, 1.82) is 0 Å². The van der Waals surface area contributed by atoms with E-state index >= 15 is 0 Å². The predicted octanol–water partition coefficient (Wildman–Crippen LogP) is 2.51. The Morgan fingerprint density at radius 1 is 1.20 bits per heavy atom. The Balaban J connectivity index is 1.54. The molecule has 2 aromatic heterocycles. The molecular weight excluding hydrogens is 321 g/mol. The highest BCUT2D eigenvalue weighted by Crippen LogP contribution is 2.23. The van der Waals surface area contributed by atoms with Crippen LogP contribution in [-0.4, -0.2) is 43.0 Å². The molecule has 4 rings (SSSR count). The minimum Gasteiger partial charge on any atom is -0.334 e. The van der Waals surface area contributed by atoms with Gasteiger partial charge in [0.2, 0.25) is 0 Å². The van der Waals surface area contributed by atoms with E-state index in [-0.39, 0.29) is 11.9 Å². The molecule has 1 fully saturated rings. The van der Waals surface area contributed by atoms with Crippen molar-refractivity contribution in [2.75, 3.05) is 6.54 Å². The van der Waals surface area contributed by atoms with E-state index in [1.165, 1.54) is 10.7 Å². The molecule has 3 heterocycles. The molecule has 25 heavy (non-hydrogen) atoms. The molecule has 0 radical (unpaired) electrons. The second-order valence-electron chi connectivity index (χ2n) is 6.14. The highest BCUT2D eigenvalue weighted by atomic mass is 19.1. The summed E-state index contributed by atoms with van der Waals surface area (Å²) in [5, 5.41) is 8.23. The summed E-state index contributed by atoms with van der Waals surface area (Å²) in [5.41, 5.74) is 0.692. The van der Waals surface area contributed by atoms with Crippen molar-refractivity contribution in [3.05, 3.63) is 66.5 Å². The lowest BCUT2D eigenvalue weighted by Crippen LogP contribution is -2.38. The highest BCUT2D eigenvalue weighted by molar-refractivity contribution is 5.94. The molecule has 1 amide bonds. The average molecular weight is 339 g/mol. The number of nitrogens with zero attached hydrogens (tertiary/aromatic N) is 5. The van der Waals surface area contributed by atoms with Gasteiger partial charge in [-0.25, -0.2) is 9.07 Å². The number of aromatic nitrogens is 4. The summed E-state index contributed by atoms with van der Waals surface area (Å²) in [6, 6.07) is 8.22. The van der Waals surface area contributed by atoms with Gasteiger partial charge in [0.1, 0.15) is 11.5 Å². The summed E-state index contributed by atoms with van der Waals surface area (Å²) < 4.78 is 17.7. The molecule has 0 bridgehead atoms. The van der Waals surface area contributed by atoms with E-state index in [0.717, 1.165) is 12.8 Å². The van der Waals surface area contributed by atoms with Crippen LogP contribution in [0.5, 0.6) is 0 Å². The van der Waals surface area contributed by atoms with Gasteiger partial charge in [-0.1, -0.05) is 0 Å². The Kier molecular flexibility index (Phi) is 4.05. The minimum absolute atomic E-state index is 0.0845. The first-order valence-corrected chi connectivity index (χ1v) is 8.30. The predicted molar refractivity (Wildman–Crippen MR) is 89.8 cm³/mol. The molecular formula is C18H18FN5O. The van der Waals surface area contributed by atoms with Crippen LogP contribution in [-0.2, 0) is 6.54 Å². The van der Waals surface area contributed by atoms with Crippen LogP contribution in [0.3, 0.4) is 0 Å². The third-order valence-electron chi connectivity index (χ3n) is 4.54. The molecule has 7 heteroatoms. The SMILES string of the molecule is O=C(c1ccc(-n2cccn2)c(F)c1)N1CCCC1Cn1cccn1. The first kappa shape index (κ1) is 15.6. The number of benzene rings is 1. The second-order valence-corrected chi connectivity index (χ2v) is 6.14. The van der Waals surface area contributed by atoms with E-state index in [1.807, 2.05) is 21.8 Å². The maximum Gasteiger partial charge on any atom is 0.254 e. The number of likely N-dealkylation sites (tertiary alicyclic amines) is 1. The molecule has 1 unspecified atom stereocenters. The van der Waals surface area contributed by atoms with Crippen molar-refractivity contribution in [2.45, 2.75) is 25.4 Å². The summed E-state index contributed by atoms with van der Waals surface area (Å²) in [6.07, 6.45) is 8.75. The van der Waals surface area contributed by atoms with Gasteiger partial charge in [0, 0.05) is 36.9 Å². The Bertz CT molecular complexity index is 860. The van der Waals surface area contributed by atoms with Crippen LogP contribution in [0.4, 0.5) is 4.39 Å². The Morgan fingerprint density at radius 2 is 2.04 bits per heavy atom. The fourth-order valence-electron chi connectivity index (χ4n) is 3.32. The molecule has 0 spiro atoms. The number of amides is 1. The zero-order chi connectivity index (χ0) is 17.2. The standard InChI is InChI=1S/C18H18FN5O/c19-16-12-14(5-6-17(16)24-11-3-8-21-24)18(25)23-10-1-4-15(23)13-22-9-2-7-20-22/h2-3,5-9,11-12,15H,1,4,10,13H2. The summed E-state index contributed by atoms with van der Waals surface area (Å²) >= 11 is 0. The zero-order valence-electron chi connectivity index (χ0n) is 13.6. The van der Waals surface area contributed by atoms with Crippen LogP contribution in [0.2, 0.25) is 0 Å². The molecule has 0 saturated carbocycles. The third-order valence-corrected chi connectivity index (χ3v) is 4.54. The minimum atomic E-state index is -0.461. The third kappa shape index (κ3) is 3.05. The van der Waals surface area contributed by atoms with Crippen molar-refractivity contribution >= 4 is 5.91 Å². The summed E-state index contributed by atoms with van der Waals surface area (Å²) in [6.45, 7) is 1.35. The molecule has 1 aliphatic heterocycles. The van der Waals surface area contributed by atoms with E-state index in [2.05, 4.69) is 10.2 Å². The molecule has 0 aliphatic carbocycles. The number of hydrogen-bond donors (Lipinski definition) is 0. The van der Waals surface area contributed by atoms with E-state index in [0.29, 0.717) is 24.3 Å². The largest absolute Gasteiger partial charge is 0.334 e. The van der Waals surface area contributed by atoms with Gasteiger partial charge < -0.3 is 4.90 Å². The van der Waals surface area contributed by atoms with Crippen LogP contribution >= 0.6 is 0 Å². The quantitative estimate of drug-likeness (QED) is 0.734. The Hall–Kier alpha value is -2.96. The van der Waals surface area contributed by atoms with Crippen molar-refractivity contribution in [2.24, 2.45) is 0 Å². The van der Waals surface area contributed by atoms with Crippen molar-refractivity contribution in [3.8, 4) is 5.69 Å². The number of rotatable bonds is 4. The first-order chi connectivity index (χ1) is 12.2. The Labute approximate surface area is 144 Å². The lowest BCUT2D eigenvalue weighted by molar-refractivity contribution is 0.0721. The summed E-state index contributed by atoms with van der Waals surface area (Å²) in [7, 11) is 0. The van der Waals surface area contributed by atoms with Crippen LogP contribution in [0, 0.1) is 5.82 Å². The van der Waals surface area contributed by atoms with Gasteiger partial charge in [0.05, 0.1) is 12.6 Å². The molecule has 1 aliphatic rings. The van der Waals surface area contributed by atoms with Gasteiger partial charge in [0.25, 0.3) is 5.91 Å². The van der Waals surface area contributed by atoms with E-state index in [4.69, 9.17) is 0 Å². The van der Waals surface area contributed by atoms with Crippen LogP contribution in [0.25, 0.3) is 5.69 Å². The van der Waals surface area contributed by atoms with Gasteiger partial charge in [-0.2, -0.15) is 10.2 Å².